The highest BCUT2D eigenvalue weighted by atomic mass is 35.5. The van der Waals surface area contributed by atoms with Crippen LogP contribution in [-0.4, -0.2) is 19.3 Å². The van der Waals surface area contributed by atoms with E-state index in [4.69, 9.17) is 16.7 Å². The number of sulfonamides is 1. The number of hydrogen-bond acceptors (Lipinski definition) is 6. The minimum Gasteiger partial charge on any atom is -0.352 e. The average Bonchev–Trinajstić information content (AvgIpc) is 3.06. The van der Waals surface area contributed by atoms with E-state index in [1.165, 1.54) is 23.5 Å². The van der Waals surface area contributed by atoms with Gasteiger partial charge in [-0.15, -0.1) is 11.3 Å². The SMILES string of the molecule is NS(=O)(=O)c1ccc(CNC(=O)Cc2csc(Nc3cccc(Cl)c3)n2)cc1. The van der Waals surface area contributed by atoms with E-state index in [1.54, 1.807) is 24.3 Å². The molecule has 4 N–H and O–H groups in total. The van der Waals surface area contributed by atoms with Crippen molar-refractivity contribution < 1.29 is 13.2 Å². The third-order valence-corrected chi connectivity index (χ3v) is 5.68. The molecule has 0 unspecified atom stereocenters. The van der Waals surface area contributed by atoms with Gasteiger partial charge in [-0.3, -0.25) is 4.79 Å². The van der Waals surface area contributed by atoms with Crippen molar-refractivity contribution in [3.05, 3.63) is 70.2 Å². The molecule has 0 aliphatic rings. The fraction of sp³-hybridized carbons (Fsp3) is 0.111. The van der Waals surface area contributed by atoms with Crippen molar-refractivity contribution in [1.29, 1.82) is 0 Å². The Labute approximate surface area is 171 Å². The number of halogens is 1. The van der Waals surface area contributed by atoms with Gasteiger partial charge in [-0.1, -0.05) is 29.8 Å². The molecule has 1 aromatic heterocycles. The lowest BCUT2D eigenvalue weighted by Crippen LogP contribution is -2.24. The summed E-state index contributed by atoms with van der Waals surface area (Å²) in [7, 11) is -3.72. The number of primary sulfonamides is 1. The number of nitrogens with zero attached hydrogens (tertiary/aromatic N) is 1. The van der Waals surface area contributed by atoms with Crippen molar-refractivity contribution in [2.45, 2.75) is 17.9 Å². The summed E-state index contributed by atoms with van der Waals surface area (Å²) in [5.41, 5.74) is 2.24. The first-order chi connectivity index (χ1) is 13.3. The van der Waals surface area contributed by atoms with E-state index < -0.39 is 10.0 Å². The lowest BCUT2D eigenvalue weighted by Gasteiger charge is -2.05. The fourth-order valence-electron chi connectivity index (χ4n) is 2.36. The molecular weight excluding hydrogens is 420 g/mol. The van der Waals surface area contributed by atoms with Crippen LogP contribution >= 0.6 is 22.9 Å². The van der Waals surface area contributed by atoms with Gasteiger partial charge in [-0.25, -0.2) is 18.5 Å². The van der Waals surface area contributed by atoms with Gasteiger partial charge in [0.05, 0.1) is 17.0 Å². The Morgan fingerprint density at radius 2 is 1.93 bits per heavy atom. The predicted molar refractivity (Wildman–Crippen MR) is 110 cm³/mol. The third-order valence-electron chi connectivity index (χ3n) is 3.71. The van der Waals surface area contributed by atoms with Crippen LogP contribution in [0.25, 0.3) is 0 Å². The summed E-state index contributed by atoms with van der Waals surface area (Å²) in [4.78, 5) is 16.5. The summed E-state index contributed by atoms with van der Waals surface area (Å²) in [6, 6.07) is 13.3. The fourth-order valence-corrected chi connectivity index (χ4v) is 3.80. The number of thiazole rings is 1. The molecule has 2 aromatic carbocycles. The van der Waals surface area contributed by atoms with Crippen LogP contribution in [-0.2, 0) is 27.8 Å². The maximum absolute atomic E-state index is 12.1. The number of nitrogens with two attached hydrogens (primary N) is 1. The Kier molecular flexibility index (Phi) is 6.30. The summed E-state index contributed by atoms with van der Waals surface area (Å²) in [6.45, 7) is 0.279. The highest BCUT2D eigenvalue weighted by Gasteiger charge is 2.10. The van der Waals surface area contributed by atoms with Crippen molar-refractivity contribution in [3.63, 3.8) is 0 Å². The molecule has 28 heavy (non-hydrogen) atoms. The normalized spacial score (nSPS) is 11.2. The smallest absolute Gasteiger partial charge is 0.238 e. The first kappa shape index (κ1) is 20.3. The first-order valence-corrected chi connectivity index (χ1v) is 11.0. The van der Waals surface area contributed by atoms with Crippen LogP contribution < -0.4 is 15.8 Å². The lowest BCUT2D eigenvalue weighted by molar-refractivity contribution is -0.120. The number of carbonyl (C=O) groups is 1. The Morgan fingerprint density at radius 3 is 2.61 bits per heavy atom. The van der Waals surface area contributed by atoms with E-state index in [0.29, 0.717) is 15.8 Å². The number of benzene rings is 2. The topological polar surface area (TPSA) is 114 Å². The number of nitrogens with one attached hydrogen (secondary N) is 2. The van der Waals surface area contributed by atoms with E-state index in [-0.39, 0.29) is 23.8 Å². The highest BCUT2D eigenvalue weighted by Crippen LogP contribution is 2.23. The molecule has 0 saturated carbocycles. The lowest BCUT2D eigenvalue weighted by atomic mass is 10.2. The molecule has 0 spiro atoms. The van der Waals surface area contributed by atoms with Gasteiger partial charge in [0, 0.05) is 22.6 Å². The van der Waals surface area contributed by atoms with Gasteiger partial charge in [0.25, 0.3) is 0 Å². The van der Waals surface area contributed by atoms with Gasteiger partial charge < -0.3 is 10.6 Å². The Hall–Kier alpha value is -2.46. The van der Waals surface area contributed by atoms with Crippen LogP contribution in [0.5, 0.6) is 0 Å². The molecule has 0 bridgehead atoms. The van der Waals surface area contributed by atoms with E-state index in [9.17, 15) is 13.2 Å². The van der Waals surface area contributed by atoms with Gasteiger partial charge in [-0.05, 0) is 35.9 Å². The number of aromatic nitrogens is 1. The Morgan fingerprint density at radius 1 is 1.18 bits per heavy atom. The molecule has 146 valence electrons. The zero-order valence-electron chi connectivity index (χ0n) is 14.6. The molecule has 1 amide bonds. The van der Waals surface area contributed by atoms with Crippen molar-refractivity contribution in [2.24, 2.45) is 5.14 Å². The monoisotopic (exact) mass is 436 g/mol. The van der Waals surface area contributed by atoms with Crippen LogP contribution in [0.2, 0.25) is 5.02 Å². The quantitative estimate of drug-likeness (QED) is 0.526. The molecule has 0 aliphatic carbocycles. The van der Waals surface area contributed by atoms with Crippen LogP contribution in [0.3, 0.4) is 0 Å². The number of amides is 1. The predicted octanol–water partition coefficient (Wildman–Crippen LogP) is 3.05. The van der Waals surface area contributed by atoms with Crippen molar-refractivity contribution in [2.75, 3.05) is 5.32 Å². The molecule has 7 nitrogen and oxygen atoms in total. The second kappa shape index (κ2) is 8.70. The molecule has 0 fully saturated rings. The Balaban J connectivity index is 1.52. The van der Waals surface area contributed by atoms with Crippen LogP contribution in [0.1, 0.15) is 11.3 Å². The van der Waals surface area contributed by atoms with E-state index in [0.717, 1.165) is 11.3 Å². The van der Waals surface area contributed by atoms with Crippen LogP contribution in [0, 0.1) is 0 Å². The molecule has 1 heterocycles. The highest BCUT2D eigenvalue weighted by molar-refractivity contribution is 7.89. The van der Waals surface area contributed by atoms with Gasteiger partial charge >= 0.3 is 0 Å². The molecule has 3 rings (SSSR count). The first-order valence-electron chi connectivity index (χ1n) is 8.15. The molecule has 0 atom stereocenters. The summed E-state index contributed by atoms with van der Waals surface area (Å²) in [6.07, 6.45) is 0.142. The summed E-state index contributed by atoms with van der Waals surface area (Å²) < 4.78 is 22.5. The van der Waals surface area contributed by atoms with Gasteiger partial charge in [-0.2, -0.15) is 0 Å². The summed E-state index contributed by atoms with van der Waals surface area (Å²) in [5.74, 6) is -0.185. The Bertz CT molecular complexity index is 1080. The molecule has 0 saturated heterocycles. The molecule has 3 aromatic rings. The van der Waals surface area contributed by atoms with Crippen molar-refractivity contribution >= 4 is 49.7 Å². The van der Waals surface area contributed by atoms with Crippen LogP contribution in [0.15, 0.2) is 58.8 Å². The number of anilines is 2. The van der Waals surface area contributed by atoms with E-state index in [2.05, 4.69) is 15.6 Å². The minimum absolute atomic E-state index is 0.0322. The molecule has 10 heteroatoms. The minimum atomic E-state index is -3.72. The van der Waals surface area contributed by atoms with E-state index >= 15 is 0 Å². The number of rotatable bonds is 7. The van der Waals surface area contributed by atoms with Crippen molar-refractivity contribution in [1.82, 2.24) is 10.3 Å². The number of hydrogen-bond donors (Lipinski definition) is 3. The summed E-state index contributed by atoms with van der Waals surface area (Å²) >= 11 is 7.35. The second-order valence-corrected chi connectivity index (χ2v) is 8.78. The maximum atomic E-state index is 12.1. The largest absolute Gasteiger partial charge is 0.352 e. The summed E-state index contributed by atoms with van der Waals surface area (Å²) in [5, 5.41) is 14.1. The maximum Gasteiger partial charge on any atom is 0.238 e. The second-order valence-electron chi connectivity index (χ2n) is 5.92. The van der Waals surface area contributed by atoms with Gasteiger partial charge in [0.2, 0.25) is 15.9 Å². The zero-order chi connectivity index (χ0) is 20.1. The van der Waals surface area contributed by atoms with E-state index in [1.807, 2.05) is 17.5 Å². The molecule has 0 aliphatic heterocycles. The third kappa shape index (κ3) is 5.77. The number of carbonyl (C=O) groups excluding carboxylic acids is 1. The molecular formula is C18H17ClN4O3S2. The van der Waals surface area contributed by atoms with Crippen molar-refractivity contribution in [3.8, 4) is 0 Å². The van der Waals surface area contributed by atoms with Gasteiger partial charge in [0.15, 0.2) is 5.13 Å². The van der Waals surface area contributed by atoms with Crippen LogP contribution in [0.4, 0.5) is 10.8 Å². The zero-order valence-corrected chi connectivity index (χ0v) is 16.9. The molecule has 0 radical (unpaired) electrons. The standard InChI is InChI=1S/C18H17ClN4O3S2/c19-13-2-1-3-14(8-13)22-18-23-15(11-27-18)9-17(24)21-10-12-4-6-16(7-5-12)28(20,25)26/h1-8,11H,9-10H2,(H,21,24)(H,22,23)(H2,20,25,26). The van der Waals surface area contributed by atoms with Gasteiger partial charge in [0.1, 0.15) is 0 Å². The average molecular weight is 437 g/mol.